The summed E-state index contributed by atoms with van der Waals surface area (Å²) < 4.78 is 2.01. The van der Waals surface area contributed by atoms with E-state index in [2.05, 4.69) is 15.3 Å². The van der Waals surface area contributed by atoms with Gasteiger partial charge in [-0.2, -0.15) is 10.4 Å². The zero-order valence-electron chi connectivity index (χ0n) is 18.0. The number of rotatable bonds is 5. The van der Waals surface area contributed by atoms with Crippen LogP contribution in [0.5, 0.6) is 0 Å². The Morgan fingerprint density at radius 3 is 2.70 bits per heavy atom. The summed E-state index contributed by atoms with van der Waals surface area (Å²) in [5.41, 5.74) is 10.6. The first-order chi connectivity index (χ1) is 16.1. The smallest absolute Gasteiger partial charge is 0.251 e. The van der Waals surface area contributed by atoms with E-state index in [0.717, 1.165) is 40.7 Å². The molecule has 8 heteroatoms. The van der Waals surface area contributed by atoms with Gasteiger partial charge in [-0.3, -0.25) is 4.79 Å². The fraction of sp³-hybridized carbons (Fsp3) is 0.240. The van der Waals surface area contributed by atoms with Gasteiger partial charge in [0.25, 0.3) is 5.91 Å². The molecular formula is C25H23N7O. The van der Waals surface area contributed by atoms with Crippen molar-refractivity contribution >= 4 is 22.8 Å². The number of carbonyl (C=O) groups is 1. The number of carbonyl (C=O) groups excluding carboxylic acids is 1. The van der Waals surface area contributed by atoms with Gasteiger partial charge in [0, 0.05) is 17.7 Å². The fourth-order valence-corrected chi connectivity index (χ4v) is 4.40. The zero-order chi connectivity index (χ0) is 22.8. The summed E-state index contributed by atoms with van der Waals surface area (Å²) in [7, 11) is 0. The number of hydrogen-bond acceptors (Lipinski definition) is 6. The van der Waals surface area contributed by atoms with Gasteiger partial charge in [0.2, 0.25) is 0 Å². The number of aromatic nitrogens is 4. The van der Waals surface area contributed by atoms with Gasteiger partial charge >= 0.3 is 0 Å². The predicted octanol–water partition coefficient (Wildman–Crippen LogP) is 3.99. The topological polar surface area (TPSA) is 123 Å². The Morgan fingerprint density at radius 2 is 1.94 bits per heavy atom. The third-order valence-electron chi connectivity index (χ3n) is 6.12. The standard InChI is InChI=1S/C25H23N7O/c26-13-17-4-3-5-19(12-17)25(33)28-14-16-8-10-18(11-9-16)22-21-23(27)29-15-30-24(21)32(31-22)20-6-1-2-7-20/h3-5,8-12,15,20H,1-2,6-7,14H2,(H,28,33)(H2,27,29,30). The summed E-state index contributed by atoms with van der Waals surface area (Å²) in [6.45, 7) is 0.373. The lowest BCUT2D eigenvalue weighted by molar-refractivity contribution is 0.0951. The van der Waals surface area contributed by atoms with Crippen LogP contribution in [0.25, 0.3) is 22.3 Å². The van der Waals surface area contributed by atoms with Crippen LogP contribution in [-0.2, 0) is 6.54 Å². The van der Waals surface area contributed by atoms with Crippen LogP contribution >= 0.6 is 0 Å². The van der Waals surface area contributed by atoms with E-state index in [4.69, 9.17) is 16.1 Å². The van der Waals surface area contributed by atoms with Crippen molar-refractivity contribution in [2.45, 2.75) is 38.3 Å². The first kappa shape index (κ1) is 20.6. The maximum absolute atomic E-state index is 12.4. The Hall–Kier alpha value is -4.25. The Bertz CT molecular complexity index is 1360. The summed E-state index contributed by atoms with van der Waals surface area (Å²) in [5.74, 6) is 0.206. The minimum Gasteiger partial charge on any atom is -0.383 e. The van der Waals surface area contributed by atoms with Gasteiger partial charge in [0.1, 0.15) is 17.8 Å². The van der Waals surface area contributed by atoms with E-state index in [1.807, 2.05) is 35.0 Å². The first-order valence-corrected chi connectivity index (χ1v) is 11.0. The Morgan fingerprint density at radius 1 is 1.15 bits per heavy atom. The molecule has 164 valence electrons. The highest BCUT2D eigenvalue weighted by Crippen LogP contribution is 2.36. The molecule has 8 nitrogen and oxygen atoms in total. The average Bonchev–Trinajstić information content (AvgIpc) is 3.52. The van der Waals surface area contributed by atoms with E-state index < -0.39 is 0 Å². The van der Waals surface area contributed by atoms with Crippen molar-refractivity contribution < 1.29 is 4.79 Å². The van der Waals surface area contributed by atoms with Crippen molar-refractivity contribution in [2.75, 3.05) is 5.73 Å². The van der Waals surface area contributed by atoms with Gasteiger partial charge in [-0.05, 0) is 36.6 Å². The second kappa shape index (κ2) is 8.71. The molecule has 1 fully saturated rings. The van der Waals surface area contributed by atoms with Crippen molar-refractivity contribution in [3.8, 4) is 17.3 Å². The summed E-state index contributed by atoms with van der Waals surface area (Å²) in [4.78, 5) is 21.1. The van der Waals surface area contributed by atoms with Crippen molar-refractivity contribution in [1.29, 1.82) is 5.26 Å². The molecule has 2 heterocycles. The number of fused-ring (bicyclic) bond motifs is 1. The Balaban J connectivity index is 1.37. The van der Waals surface area contributed by atoms with Crippen LogP contribution in [0.2, 0.25) is 0 Å². The SMILES string of the molecule is N#Cc1cccc(C(=O)NCc2ccc(-c3nn(C4CCCC4)c4ncnc(N)c34)cc2)c1. The van der Waals surface area contributed by atoms with Gasteiger partial charge in [0.05, 0.1) is 23.1 Å². The molecule has 1 aliphatic rings. The number of anilines is 1. The number of nitrogens with zero attached hydrogens (tertiary/aromatic N) is 5. The molecule has 3 N–H and O–H groups in total. The Kier molecular flexibility index (Phi) is 5.45. The molecule has 0 atom stereocenters. The minimum absolute atomic E-state index is 0.220. The Labute approximate surface area is 191 Å². The molecule has 2 aromatic carbocycles. The molecule has 1 saturated carbocycles. The largest absolute Gasteiger partial charge is 0.383 e. The van der Waals surface area contributed by atoms with Crippen LogP contribution in [0.15, 0.2) is 54.9 Å². The van der Waals surface area contributed by atoms with E-state index in [1.165, 1.54) is 19.2 Å². The molecule has 1 amide bonds. The molecule has 0 radical (unpaired) electrons. The van der Waals surface area contributed by atoms with Gasteiger partial charge in [-0.25, -0.2) is 14.6 Å². The molecule has 2 aromatic heterocycles. The average molecular weight is 438 g/mol. The van der Waals surface area contributed by atoms with Crippen LogP contribution in [0.4, 0.5) is 5.82 Å². The van der Waals surface area contributed by atoms with Gasteiger partial charge < -0.3 is 11.1 Å². The summed E-state index contributed by atoms with van der Waals surface area (Å²) in [6.07, 6.45) is 6.07. The lowest BCUT2D eigenvalue weighted by Gasteiger charge is -2.10. The lowest BCUT2D eigenvalue weighted by atomic mass is 10.1. The van der Waals surface area contributed by atoms with Crippen molar-refractivity contribution in [3.05, 3.63) is 71.5 Å². The summed E-state index contributed by atoms with van der Waals surface area (Å²) in [5, 5.41) is 17.6. The van der Waals surface area contributed by atoms with Crippen LogP contribution in [0, 0.1) is 11.3 Å². The molecule has 0 unspecified atom stereocenters. The van der Waals surface area contributed by atoms with Crippen LogP contribution < -0.4 is 11.1 Å². The van der Waals surface area contributed by atoms with E-state index >= 15 is 0 Å². The highest BCUT2D eigenvalue weighted by Gasteiger charge is 2.24. The second-order valence-corrected chi connectivity index (χ2v) is 8.26. The van der Waals surface area contributed by atoms with E-state index in [9.17, 15) is 4.79 Å². The number of nitrogen functional groups attached to an aromatic ring is 1. The molecule has 0 saturated heterocycles. The highest BCUT2D eigenvalue weighted by molar-refractivity contribution is 5.98. The van der Waals surface area contributed by atoms with Crippen LogP contribution in [0.3, 0.4) is 0 Å². The van der Waals surface area contributed by atoms with E-state index in [-0.39, 0.29) is 5.91 Å². The number of hydrogen-bond donors (Lipinski definition) is 2. The maximum atomic E-state index is 12.4. The highest BCUT2D eigenvalue weighted by atomic mass is 16.1. The monoisotopic (exact) mass is 437 g/mol. The van der Waals surface area contributed by atoms with E-state index in [1.54, 1.807) is 24.3 Å². The van der Waals surface area contributed by atoms with Crippen molar-refractivity contribution in [3.63, 3.8) is 0 Å². The van der Waals surface area contributed by atoms with Crippen molar-refractivity contribution in [1.82, 2.24) is 25.1 Å². The first-order valence-electron chi connectivity index (χ1n) is 11.0. The summed E-state index contributed by atoms with van der Waals surface area (Å²) in [6, 6.07) is 16.9. The molecule has 0 spiro atoms. The molecule has 0 aliphatic heterocycles. The fourth-order valence-electron chi connectivity index (χ4n) is 4.40. The zero-order valence-corrected chi connectivity index (χ0v) is 18.0. The number of amides is 1. The predicted molar refractivity (Wildman–Crippen MR) is 125 cm³/mol. The maximum Gasteiger partial charge on any atom is 0.251 e. The minimum atomic E-state index is -0.220. The third-order valence-corrected chi connectivity index (χ3v) is 6.12. The molecule has 4 aromatic rings. The quantitative estimate of drug-likeness (QED) is 0.487. The van der Waals surface area contributed by atoms with Gasteiger partial charge in [-0.15, -0.1) is 0 Å². The van der Waals surface area contributed by atoms with Gasteiger partial charge in [0.15, 0.2) is 5.65 Å². The number of nitriles is 1. The molecule has 33 heavy (non-hydrogen) atoms. The molecule has 1 aliphatic carbocycles. The molecular weight excluding hydrogens is 414 g/mol. The molecule has 0 bridgehead atoms. The number of nitrogens with one attached hydrogen (secondary N) is 1. The lowest BCUT2D eigenvalue weighted by Crippen LogP contribution is -2.22. The molecule has 5 rings (SSSR count). The number of benzene rings is 2. The second-order valence-electron chi connectivity index (χ2n) is 8.26. The van der Waals surface area contributed by atoms with Crippen LogP contribution in [0.1, 0.15) is 53.2 Å². The summed E-state index contributed by atoms with van der Waals surface area (Å²) >= 11 is 0. The van der Waals surface area contributed by atoms with Crippen LogP contribution in [-0.4, -0.2) is 25.7 Å². The van der Waals surface area contributed by atoms with E-state index in [0.29, 0.717) is 29.5 Å². The van der Waals surface area contributed by atoms with Gasteiger partial charge in [-0.1, -0.05) is 43.2 Å². The van der Waals surface area contributed by atoms with Crippen molar-refractivity contribution in [2.24, 2.45) is 0 Å². The normalized spacial score (nSPS) is 13.8. The number of nitrogens with two attached hydrogens (primary N) is 1. The third kappa shape index (κ3) is 4.01.